The van der Waals surface area contributed by atoms with Crippen LogP contribution in [-0.2, 0) is 27.7 Å². The quantitative estimate of drug-likeness (QED) is 0.585. The van der Waals surface area contributed by atoms with E-state index in [1.165, 1.54) is 30.6 Å². The first-order valence-electron chi connectivity index (χ1n) is 12.9. The highest BCUT2D eigenvalue weighted by atomic mass is 32.2. The smallest absolute Gasteiger partial charge is 0.243 e. The number of benzene rings is 1. The zero-order chi connectivity index (χ0) is 23.4. The summed E-state index contributed by atoms with van der Waals surface area (Å²) in [5.41, 5.74) is 2.46. The van der Waals surface area contributed by atoms with Crippen molar-refractivity contribution in [3.63, 3.8) is 0 Å². The van der Waals surface area contributed by atoms with Crippen LogP contribution in [-0.4, -0.2) is 62.8 Å². The Morgan fingerprint density at radius 1 is 1.03 bits per heavy atom. The van der Waals surface area contributed by atoms with Crippen molar-refractivity contribution in [1.82, 2.24) is 14.5 Å². The third kappa shape index (κ3) is 6.17. The Morgan fingerprint density at radius 2 is 1.73 bits per heavy atom. The maximum atomic E-state index is 13.1. The van der Waals surface area contributed by atoms with Crippen molar-refractivity contribution in [2.45, 2.75) is 70.1 Å². The SMILES string of the molecule is C[C@H]1C[C@H](C)CN(CCCCNC(=O)C2CCN(S(=O)(=O)c3ccc4c(c3)CCC4)CC2)C1. The predicted octanol–water partition coefficient (Wildman–Crippen LogP) is 3.45. The Balaban J connectivity index is 1.17. The monoisotopic (exact) mass is 475 g/mol. The minimum atomic E-state index is -3.48. The summed E-state index contributed by atoms with van der Waals surface area (Å²) in [6, 6.07) is 5.59. The molecule has 0 spiro atoms. The fourth-order valence-corrected chi connectivity index (χ4v) is 7.53. The van der Waals surface area contributed by atoms with Crippen LogP contribution in [0.2, 0.25) is 0 Å². The minimum Gasteiger partial charge on any atom is -0.356 e. The van der Waals surface area contributed by atoms with Gasteiger partial charge < -0.3 is 10.2 Å². The number of carbonyl (C=O) groups excluding carboxylic acids is 1. The number of rotatable bonds is 8. The summed E-state index contributed by atoms with van der Waals surface area (Å²) in [6.45, 7) is 9.74. The molecular formula is C26H41N3O3S. The van der Waals surface area contributed by atoms with E-state index in [1.807, 2.05) is 12.1 Å². The van der Waals surface area contributed by atoms with E-state index in [2.05, 4.69) is 24.1 Å². The largest absolute Gasteiger partial charge is 0.356 e. The Hall–Kier alpha value is -1.44. The van der Waals surface area contributed by atoms with Crippen molar-refractivity contribution < 1.29 is 13.2 Å². The summed E-state index contributed by atoms with van der Waals surface area (Å²) >= 11 is 0. The molecule has 2 saturated heterocycles. The van der Waals surface area contributed by atoms with E-state index < -0.39 is 10.0 Å². The van der Waals surface area contributed by atoms with Crippen molar-refractivity contribution in [1.29, 1.82) is 0 Å². The van der Waals surface area contributed by atoms with E-state index in [9.17, 15) is 13.2 Å². The van der Waals surface area contributed by atoms with Gasteiger partial charge in [-0.15, -0.1) is 0 Å². The highest BCUT2D eigenvalue weighted by Crippen LogP contribution is 2.28. The number of unbranched alkanes of at least 4 members (excludes halogenated alkanes) is 1. The summed E-state index contributed by atoms with van der Waals surface area (Å²) in [5, 5.41) is 3.10. The second-order valence-corrected chi connectivity index (χ2v) is 12.6. The van der Waals surface area contributed by atoms with E-state index in [4.69, 9.17) is 0 Å². The van der Waals surface area contributed by atoms with Crippen molar-refractivity contribution in [2.75, 3.05) is 39.3 Å². The van der Waals surface area contributed by atoms with Gasteiger partial charge in [0.2, 0.25) is 15.9 Å². The number of amides is 1. The summed E-state index contributed by atoms with van der Waals surface area (Å²) in [7, 11) is -3.48. The van der Waals surface area contributed by atoms with Crippen LogP contribution in [0, 0.1) is 17.8 Å². The third-order valence-corrected chi connectivity index (χ3v) is 9.57. The molecule has 2 atom stereocenters. The van der Waals surface area contributed by atoms with Gasteiger partial charge in [0.05, 0.1) is 4.90 Å². The molecule has 0 unspecified atom stereocenters. The Kier molecular flexibility index (Phi) is 8.13. The molecule has 0 bridgehead atoms. The molecule has 184 valence electrons. The van der Waals surface area contributed by atoms with E-state index in [1.54, 1.807) is 10.4 Å². The number of nitrogens with one attached hydrogen (secondary N) is 1. The molecule has 1 aromatic rings. The van der Waals surface area contributed by atoms with Gasteiger partial charge in [0, 0.05) is 38.6 Å². The molecule has 1 aliphatic carbocycles. The molecule has 0 saturated carbocycles. The van der Waals surface area contributed by atoms with Crippen LogP contribution in [0.3, 0.4) is 0 Å². The Labute approximate surface area is 200 Å². The van der Waals surface area contributed by atoms with Gasteiger partial charge >= 0.3 is 0 Å². The standard InChI is InChI=1S/C26H41N3O3S/c1-20-16-21(2)19-28(18-20)13-4-3-12-27-26(30)23-10-14-29(15-11-23)33(31,32)25-9-8-22-6-5-7-24(22)17-25/h8-9,17,20-21,23H,3-7,10-16,18-19H2,1-2H3,(H,27,30)/t20-,21-/m0/s1. The molecule has 0 radical (unpaired) electrons. The first kappa shape index (κ1) is 24.7. The second-order valence-electron chi connectivity index (χ2n) is 10.7. The average molecular weight is 476 g/mol. The van der Waals surface area contributed by atoms with Crippen LogP contribution in [0.15, 0.2) is 23.1 Å². The zero-order valence-electron chi connectivity index (χ0n) is 20.4. The molecule has 2 aliphatic heterocycles. The van der Waals surface area contributed by atoms with Gasteiger partial charge in [-0.2, -0.15) is 4.31 Å². The van der Waals surface area contributed by atoms with Crippen molar-refractivity contribution in [3.05, 3.63) is 29.3 Å². The lowest BCUT2D eigenvalue weighted by atomic mass is 9.92. The third-order valence-electron chi connectivity index (χ3n) is 7.68. The van der Waals surface area contributed by atoms with Crippen LogP contribution >= 0.6 is 0 Å². The number of fused-ring (bicyclic) bond motifs is 1. The van der Waals surface area contributed by atoms with Gasteiger partial charge in [-0.05, 0) is 93.0 Å². The van der Waals surface area contributed by atoms with Gasteiger partial charge in [-0.3, -0.25) is 4.79 Å². The lowest BCUT2D eigenvalue weighted by molar-refractivity contribution is -0.126. The zero-order valence-corrected chi connectivity index (χ0v) is 21.2. The highest BCUT2D eigenvalue weighted by molar-refractivity contribution is 7.89. The summed E-state index contributed by atoms with van der Waals surface area (Å²) in [4.78, 5) is 15.6. The molecule has 2 fully saturated rings. The summed E-state index contributed by atoms with van der Waals surface area (Å²) in [5.74, 6) is 1.57. The number of likely N-dealkylation sites (tertiary alicyclic amines) is 1. The van der Waals surface area contributed by atoms with Gasteiger partial charge in [-0.25, -0.2) is 8.42 Å². The molecule has 3 aliphatic rings. The van der Waals surface area contributed by atoms with Gasteiger partial charge in [-0.1, -0.05) is 19.9 Å². The minimum absolute atomic E-state index is 0.0831. The molecule has 2 heterocycles. The molecule has 0 aromatic heterocycles. The predicted molar refractivity (Wildman–Crippen MR) is 132 cm³/mol. The van der Waals surface area contributed by atoms with E-state index in [0.29, 0.717) is 37.4 Å². The normalized spacial score (nSPS) is 25.2. The van der Waals surface area contributed by atoms with Crippen molar-refractivity contribution >= 4 is 15.9 Å². The number of carbonyl (C=O) groups is 1. The maximum absolute atomic E-state index is 13.1. The molecule has 7 heteroatoms. The maximum Gasteiger partial charge on any atom is 0.243 e. The molecule has 1 aromatic carbocycles. The average Bonchev–Trinajstić information content (AvgIpc) is 3.26. The molecule has 33 heavy (non-hydrogen) atoms. The number of hydrogen-bond donors (Lipinski definition) is 1. The Bertz CT molecular complexity index is 915. The lowest BCUT2D eigenvalue weighted by Gasteiger charge is -2.35. The molecule has 4 rings (SSSR count). The van der Waals surface area contributed by atoms with Crippen molar-refractivity contribution in [3.8, 4) is 0 Å². The van der Waals surface area contributed by atoms with Crippen LogP contribution in [0.1, 0.15) is 63.5 Å². The lowest BCUT2D eigenvalue weighted by Crippen LogP contribution is -2.43. The summed E-state index contributed by atoms with van der Waals surface area (Å²) < 4.78 is 27.8. The molecule has 1 amide bonds. The molecule has 6 nitrogen and oxygen atoms in total. The second kappa shape index (κ2) is 10.9. The highest BCUT2D eigenvalue weighted by Gasteiger charge is 2.32. The molecular weight excluding hydrogens is 434 g/mol. The van der Waals surface area contributed by atoms with Crippen LogP contribution in [0.25, 0.3) is 0 Å². The van der Waals surface area contributed by atoms with E-state index in [0.717, 1.165) is 50.5 Å². The van der Waals surface area contributed by atoms with Crippen LogP contribution < -0.4 is 5.32 Å². The number of nitrogens with zero attached hydrogens (tertiary/aromatic N) is 2. The first-order valence-corrected chi connectivity index (χ1v) is 14.4. The number of aryl methyl sites for hydroxylation is 2. The van der Waals surface area contributed by atoms with E-state index >= 15 is 0 Å². The van der Waals surface area contributed by atoms with Gasteiger partial charge in [0.1, 0.15) is 0 Å². The van der Waals surface area contributed by atoms with Gasteiger partial charge in [0.15, 0.2) is 0 Å². The van der Waals surface area contributed by atoms with Crippen molar-refractivity contribution in [2.24, 2.45) is 17.8 Å². The van der Waals surface area contributed by atoms with Crippen LogP contribution in [0.5, 0.6) is 0 Å². The fourth-order valence-electron chi connectivity index (χ4n) is 6.01. The number of sulfonamides is 1. The first-order chi connectivity index (χ1) is 15.8. The summed E-state index contributed by atoms with van der Waals surface area (Å²) in [6.07, 6.45) is 7.76. The van der Waals surface area contributed by atoms with Gasteiger partial charge in [0.25, 0.3) is 0 Å². The van der Waals surface area contributed by atoms with E-state index in [-0.39, 0.29) is 11.8 Å². The fraction of sp³-hybridized carbons (Fsp3) is 0.731. The topological polar surface area (TPSA) is 69.7 Å². The Morgan fingerprint density at radius 3 is 2.45 bits per heavy atom. The van der Waals surface area contributed by atoms with Crippen LogP contribution in [0.4, 0.5) is 0 Å². The number of hydrogen-bond acceptors (Lipinski definition) is 4. The number of piperidine rings is 2. The molecule has 1 N–H and O–H groups in total.